The van der Waals surface area contributed by atoms with E-state index in [1.54, 1.807) is 4.12 Å². The molecule has 0 bridgehead atoms. The van der Waals surface area contributed by atoms with Crippen LogP contribution >= 0.6 is 0 Å². The Kier molecular flexibility index (Phi) is 3.25. The molecule has 0 amide bonds. The van der Waals surface area contributed by atoms with Crippen LogP contribution in [0.3, 0.4) is 0 Å². The number of rotatable bonds is 1. The first-order chi connectivity index (χ1) is 10.4. The summed E-state index contributed by atoms with van der Waals surface area (Å²) in [6.45, 7) is 2.81. The fourth-order valence-electron chi connectivity index (χ4n) is 6.03. The fraction of sp³-hybridized carbons (Fsp3) is 0.667. The van der Waals surface area contributed by atoms with Crippen molar-refractivity contribution in [3.63, 3.8) is 0 Å². The van der Waals surface area contributed by atoms with E-state index in [4.69, 9.17) is 0 Å². The zero-order chi connectivity index (χ0) is 13.8. The molecule has 3 heterocycles. The summed E-state index contributed by atoms with van der Waals surface area (Å²) in [5.74, 6) is 2.06. The van der Waals surface area contributed by atoms with Crippen molar-refractivity contribution in [3.8, 4) is 0 Å². The van der Waals surface area contributed by atoms with Crippen molar-refractivity contribution >= 4 is 20.8 Å². The Morgan fingerprint density at radius 1 is 0.762 bits per heavy atom. The second kappa shape index (κ2) is 5.16. The molecule has 5 rings (SSSR count). The van der Waals surface area contributed by atoms with E-state index < -0.39 is 16.7 Å². The molecule has 2 nitrogen and oxygen atoms in total. The summed E-state index contributed by atoms with van der Waals surface area (Å²) in [6.07, 6.45) is 9.01. The molecule has 0 radical (unpaired) electrons. The molecule has 4 atom stereocenters. The van der Waals surface area contributed by atoms with Gasteiger partial charge in [0.25, 0.3) is 0 Å². The zero-order valence-electron chi connectivity index (χ0n) is 12.8. The maximum atomic E-state index is 3.08. The molecule has 4 aliphatic rings. The predicted molar refractivity (Wildman–Crippen MR) is 87.5 cm³/mol. The molecule has 1 aliphatic carbocycles. The SMILES string of the molecule is c1cc[c]([Ga]2[N]3CCCC4CCC5CCC[N]2C5C43)cc1. The first-order valence-electron chi connectivity index (χ1n) is 9.00. The van der Waals surface area contributed by atoms with E-state index in [0.717, 1.165) is 23.9 Å². The summed E-state index contributed by atoms with van der Waals surface area (Å²) in [6, 6.07) is 13.5. The second-order valence-corrected chi connectivity index (χ2v) is 13.4. The number of hydrogen-bond acceptors (Lipinski definition) is 2. The van der Waals surface area contributed by atoms with Gasteiger partial charge in [-0.05, 0) is 0 Å². The van der Waals surface area contributed by atoms with E-state index in [-0.39, 0.29) is 0 Å². The third-order valence-corrected chi connectivity index (χ3v) is 13.9. The summed E-state index contributed by atoms with van der Waals surface area (Å²) >= 11 is -1.67. The van der Waals surface area contributed by atoms with Crippen molar-refractivity contribution in [2.75, 3.05) is 13.1 Å². The standard InChI is InChI=1S/C12H20N2.C6H5.Ga/c1-3-9-5-6-10-4-2-8-14-12(10)11(9)13-7-1;1-2-4-6-5-3-1;/h9-12H,1-8H2;1-5H;/q-2;;+2. The molecule has 21 heavy (non-hydrogen) atoms. The Balaban J connectivity index is 1.59. The topological polar surface area (TPSA) is 6.48 Å². The Bertz CT molecular complexity index is 491. The van der Waals surface area contributed by atoms with E-state index in [2.05, 4.69) is 37.5 Å². The van der Waals surface area contributed by atoms with Gasteiger partial charge in [-0.2, -0.15) is 0 Å². The monoisotopic (exact) mass is 338 g/mol. The van der Waals surface area contributed by atoms with Gasteiger partial charge in [0.15, 0.2) is 0 Å². The molecule has 110 valence electrons. The quantitative estimate of drug-likeness (QED) is 0.725. The molecule has 1 aromatic rings. The molecule has 1 saturated carbocycles. The molecule has 0 N–H and O–H groups in total. The maximum absolute atomic E-state index is 3.08. The predicted octanol–water partition coefficient (Wildman–Crippen LogP) is 2.35. The van der Waals surface area contributed by atoms with Crippen LogP contribution in [0.4, 0.5) is 0 Å². The van der Waals surface area contributed by atoms with Crippen LogP contribution in [0.2, 0.25) is 0 Å². The normalized spacial score (nSPS) is 39.3. The van der Waals surface area contributed by atoms with Crippen LogP contribution in [0.25, 0.3) is 0 Å². The van der Waals surface area contributed by atoms with Crippen LogP contribution in [0.15, 0.2) is 30.3 Å². The van der Waals surface area contributed by atoms with Crippen LogP contribution in [0.5, 0.6) is 0 Å². The Labute approximate surface area is 134 Å². The van der Waals surface area contributed by atoms with Crippen molar-refractivity contribution in [1.29, 1.82) is 0 Å². The minimum atomic E-state index is -1.67. The van der Waals surface area contributed by atoms with Crippen molar-refractivity contribution in [2.24, 2.45) is 11.8 Å². The van der Waals surface area contributed by atoms with Crippen molar-refractivity contribution in [3.05, 3.63) is 30.3 Å². The first-order valence-corrected chi connectivity index (χ1v) is 12.4. The molecule has 0 aromatic heterocycles. The van der Waals surface area contributed by atoms with E-state index in [1.165, 1.54) is 51.6 Å². The van der Waals surface area contributed by atoms with Crippen molar-refractivity contribution in [1.82, 2.24) is 7.21 Å². The van der Waals surface area contributed by atoms with Gasteiger partial charge in [-0.3, -0.25) is 0 Å². The Hall–Kier alpha value is -0.224. The van der Waals surface area contributed by atoms with Gasteiger partial charge in [-0.1, -0.05) is 0 Å². The summed E-state index contributed by atoms with van der Waals surface area (Å²) in [5.41, 5.74) is 0. The molecular weight excluding hydrogens is 314 g/mol. The number of piperidine rings is 2. The molecule has 0 spiro atoms. The van der Waals surface area contributed by atoms with Crippen LogP contribution in [-0.4, -0.2) is 49.1 Å². The summed E-state index contributed by atoms with van der Waals surface area (Å²) in [7, 11) is 0. The molecular formula is C18H25GaN2. The van der Waals surface area contributed by atoms with E-state index >= 15 is 0 Å². The average molecular weight is 339 g/mol. The Morgan fingerprint density at radius 3 is 1.90 bits per heavy atom. The van der Waals surface area contributed by atoms with Gasteiger partial charge < -0.3 is 0 Å². The Morgan fingerprint density at radius 2 is 1.33 bits per heavy atom. The molecule has 3 aliphatic heterocycles. The van der Waals surface area contributed by atoms with E-state index in [9.17, 15) is 0 Å². The first kappa shape index (κ1) is 13.2. The summed E-state index contributed by atoms with van der Waals surface area (Å²) < 4.78 is 7.89. The van der Waals surface area contributed by atoms with E-state index in [0.29, 0.717) is 0 Å². The zero-order valence-corrected chi connectivity index (χ0v) is 15.2. The molecule has 3 heteroatoms. The third kappa shape index (κ3) is 1.94. The average Bonchev–Trinajstić information content (AvgIpc) is 2.90. The van der Waals surface area contributed by atoms with Gasteiger partial charge in [-0.25, -0.2) is 0 Å². The van der Waals surface area contributed by atoms with Crippen molar-refractivity contribution < 1.29 is 0 Å². The number of benzene rings is 1. The number of hydrogen-bond donors (Lipinski definition) is 0. The van der Waals surface area contributed by atoms with Gasteiger partial charge in [0, 0.05) is 0 Å². The third-order valence-electron chi connectivity index (χ3n) is 6.70. The summed E-state index contributed by atoms with van der Waals surface area (Å²) in [5, 5.41) is 0. The fourth-order valence-corrected chi connectivity index (χ4v) is 14.5. The molecule has 1 aromatic carbocycles. The van der Waals surface area contributed by atoms with Crippen LogP contribution in [-0.2, 0) is 0 Å². The van der Waals surface area contributed by atoms with Crippen LogP contribution < -0.4 is 4.12 Å². The second-order valence-electron chi connectivity index (χ2n) is 7.62. The minimum absolute atomic E-state index is 0.947. The molecule has 4 fully saturated rings. The van der Waals surface area contributed by atoms with E-state index in [1.807, 2.05) is 0 Å². The van der Waals surface area contributed by atoms with Gasteiger partial charge >= 0.3 is 134 Å². The van der Waals surface area contributed by atoms with Gasteiger partial charge in [0.1, 0.15) is 0 Å². The van der Waals surface area contributed by atoms with Crippen molar-refractivity contribution in [2.45, 2.75) is 50.6 Å². The molecule has 3 saturated heterocycles. The van der Waals surface area contributed by atoms with Gasteiger partial charge in [-0.15, -0.1) is 0 Å². The van der Waals surface area contributed by atoms with Crippen LogP contribution in [0, 0.1) is 11.8 Å². The summed E-state index contributed by atoms with van der Waals surface area (Å²) in [4.78, 5) is 0. The molecule has 4 unspecified atom stereocenters. The number of nitrogens with zero attached hydrogens (tertiary/aromatic N) is 2. The van der Waals surface area contributed by atoms with Crippen LogP contribution in [0.1, 0.15) is 38.5 Å². The van der Waals surface area contributed by atoms with Gasteiger partial charge in [0.2, 0.25) is 0 Å². The van der Waals surface area contributed by atoms with Gasteiger partial charge in [0.05, 0.1) is 0 Å².